The van der Waals surface area contributed by atoms with Crippen molar-refractivity contribution in [1.29, 1.82) is 0 Å². The van der Waals surface area contributed by atoms with Gasteiger partial charge in [-0.2, -0.15) is 0 Å². The standard InChI is InChI=1S/C16H15BrFNO/c17-16-9-15(20-14-7-2-12(18)3-8-14)6-1-11(16)10-19-13-4-5-13/h1-3,6-9,13,19H,4-5,10H2. The first-order valence-corrected chi connectivity index (χ1v) is 7.45. The minimum atomic E-state index is -0.264. The maximum Gasteiger partial charge on any atom is 0.128 e. The van der Waals surface area contributed by atoms with Gasteiger partial charge in [-0.1, -0.05) is 22.0 Å². The highest BCUT2D eigenvalue weighted by atomic mass is 79.9. The van der Waals surface area contributed by atoms with Crippen molar-refractivity contribution in [3.63, 3.8) is 0 Å². The lowest BCUT2D eigenvalue weighted by molar-refractivity contribution is 0.480. The molecule has 0 aromatic heterocycles. The van der Waals surface area contributed by atoms with E-state index in [0.29, 0.717) is 11.8 Å². The zero-order chi connectivity index (χ0) is 13.9. The van der Waals surface area contributed by atoms with Crippen molar-refractivity contribution < 1.29 is 9.13 Å². The zero-order valence-corrected chi connectivity index (χ0v) is 12.5. The normalized spacial score (nSPS) is 14.3. The van der Waals surface area contributed by atoms with Gasteiger partial charge in [0.15, 0.2) is 0 Å². The minimum absolute atomic E-state index is 0.264. The number of halogens is 2. The monoisotopic (exact) mass is 335 g/mol. The lowest BCUT2D eigenvalue weighted by atomic mass is 10.2. The van der Waals surface area contributed by atoms with Crippen molar-refractivity contribution in [3.8, 4) is 11.5 Å². The van der Waals surface area contributed by atoms with Crippen LogP contribution in [0.2, 0.25) is 0 Å². The number of rotatable bonds is 5. The van der Waals surface area contributed by atoms with Crippen LogP contribution in [0.3, 0.4) is 0 Å². The lowest BCUT2D eigenvalue weighted by Crippen LogP contribution is -2.15. The maximum atomic E-state index is 12.8. The van der Waals surface area contributed by atoms with E-state index < -0.39 is 0 Å². The van der Waals surface area contributed by atoms with Gasteiger partial charge in [0, 0.05) is 17.1 Å². The molecular formula is C16H15BrFNO. The third-order valence-corrected chi connectivity index (χ3v) is 3.97. The van der Waals surface area contributed by atoms with Gasteiger partial charge in [-0.25, -0.2) is 4.39 Å². The summed E-state index contributed by atoms with van der Waals surface area (Å²) < 4.78 is 19.5. The summed E-state index contributed by atoms with van der Waals surface area (Å²) in [6, 6.07) is 12.6. The summed E-state index contributed by atoms with van der Waals surface area (Å²) in [6.07, 6.45) is 2.56. The molecule has 20 heavy (non-hydrogen) atoms. The summed E-state index contributed by atoms with van der Waals surface area (Å²) in [5, 5.41) is 3.48. The van der Waals surface area contributed by atoms with E-state index in [1.54, 1.807) is 12.1 Å². The van der Waals surface area contributed by atoms with Gasteiger partial charge < -0.3 is 10.1 Å². The van der Waals surface area contributed by atoms with Gasteiger partial charge in [-0.3, -0.25) is 0 Å². The molecule has 1 aliphatic rings. The number of nitrogens with one attached hydrogen (secondary N) is 1. The first-order chi connectivity index (χ1) is 9.70. The van der Waals surface area contributed by atoms with Crippen molar-refractivity contribution in [3.05, 3.63) is 58.3 Å². The largest absolute Gasteiger partial charge is 0.457 e. The fourth-order valence-electron chi connectivity index (χ4n) is 1.92. The van der Waals surface area contributed by atoms with Crippen LogP contribution in [0.5, 0.6) is 11.5 Å². The van der Waals surface area contributed by atoms with Gasteiger partial charge in [0.05, 0.1) is 0 Å². The molecule has 0 saturated heterocycles. The van der Waals surface area contributed by atoms with Crippen LogP contribution in [0.1, 0.15) is 18.4 Å². The quantitative estimate of drug-likeness (QED) is 0.859. The molecule has 0 amide bonds. The van der Waals surface area contributed by atoms with Crippen LogP contribution in [0, 0.1) is 5.82 Å². The predicted molar refractivity (Wildman–Crippen MR) is 80.5 cm³/mol. The molecule has 104 valence electrons. The Labute approximate surface area is 126 Å². The fourth-order valence-corrected chi connectivity index (χ4v) is 2.41. The molecular weight excluding hydrogens is 321 g/mol. The zero-order valence-electron chi connectivity index (χ0n) is 10.9. The van der Waals surface area contributed by atoms with Crippen LogP contribution >= 0.6 is 15.9 Å². The Kier molecular flexibility index (Phi) is 4.03. The fraction of sp³-hybridized carbons (Fsp3) is 0.250. The van der Waals surface area contributed by atoms with Crippen molar-refractivity contribution >= 4 is 15.9 Å². The molecule has 2 aromatic carbocycles. The molecule has 1 saturated carbocycles. The van der Waals surface area contributed by atoms with Gasteiger partial charge in [-0.15, -0.1) is 0 Å². The van der Waals surface area contributed by atoms with E-state index in [2.05, 4.69) is 21.2 Å². The lowest BCUT2D eigenvalue weighted by Gasteiger charge is -2.09. The number of ether oxygens (including phenoxy) is 1. The van der Waals surface area contributed by atoms with Gasteiger partial charge in [0.1, 0.15) is 17.3 Å². The molecule has 1 N–H and O–H groups in total. The minimum Gasteiger partial charge on any atom is -0.457 e. The molecule has 1 fully saturated rings. The van der Waals surface area contributed by atoms with Crippen molar-refractivity contribution in [2.45, 2.75) is 25.4 Å². The Morgan fingerprint density at radius 3 is 2.45 bits per heavy atom. The Hall–Kier alpha value is -1.39. The molecule has 2 nitrogen and oxygen atoms in total. The van der Waals surface area contributed by atoms with Gasteiger partial charge in [-0.05, 0) is 54.8 Å². The van der Waals surface area contributed by atoms with E-state index >= 15 is 0 Å². The van der Waals surface area contributed by atoms with Gasteiger partial charge >= 0.3 is 0 Å². The average Bonchev–Trinajstić information content (AvgIpc) is 3.25. The molecule has 2 aromatic rings. The van der Waals surface area contributed by atoms with Crippen LogP contribution in [0.25, 0.3) is 0 Å². The summed E-state index contributed by atoms with van der Waals surface area (Å²) in [7, 11) is 0. The Morgan fingerprint density at radius 1 is 1.10 bits per heavy atom. The van der Waals surface area contributed by atoms with E-state index in [9.17, 15) is 4.39 Å². The van der Waals surface area contributed by atoms with E-state index in [1.165, 1.54) is 30.5 Å². The summed E-state index contributed by atoms with van der Waals surface area (Å²) in [5.74, 6) is 1.10. The number of benzene rings is 2. The first kappa shape index (κ1) is 13.6. The molecule has 0 aliphatic heterocycles. The summed E-state index contributed by atoms with van der Waals surface area (Å²) in [4.78, 5) is 0. The van der Waals surface area contributed by atoms with Gasteiger partial charge in [0.2, 0.25) is 0 Å². The third-order valence-electron chi connectivity index (χ3n) is 3.23. The molecule has 4 heteroatoms. The Bertz CT molecular complexity index is 596. The van der Waals surface area contributed by atoms with Crippen molar-refractivity contribution in [2.24, 2.45) is 0 Å². The van der Waals surface area contributed by atoms with E-state index in [4.69, 9.17) is 4.74 Å². The van der Waals surface area contributed by atoms with Crippen LogP contribution in [0.15, 0.2) is 46.9 Å². The second-order valence-corrected chi connectivity index (χ2v) is 5.82. The number of hydrogen-bond acceptors (Lipinski definition) is 2. The Balaban J connectivity index is 1.67. The molecule has 0 heterocycles. The second-order valence-electron chi connectivity index (χ2n) is 4.96. The smallest absolute Gasteiger partial charge is 0.128 e. The number of hydrogen-bond donors (Lipinski definition) is 1. The highest BCUT2D eigenvalue weighted by Crippen LogP contribution is 2.28. The maximum absolute atomic E-state index is 12.8. The van der Waals surface area contributed by atoms with Crippen LogP contribution < -0.4 is 10.1 Å². The Morgan fingerprint density at radius 2 is 1.80 bits per heavy atom. The molecule has 0 unspecified atom stereocenters. The predicted octanol–water partition coefficient (Wildman–Crippen LogP) is 4.63. The molecule has 3 rings (SSSR count). The van der Waals surface area contributed by atoms with Gasteiger partial charge in [0.25, 0.3) is 0 Å². The van der Waals surface area contributed by atoms with Crippen LogP contribution in [0.4, 0.5) is 4.39 Å². The highest BCUT2D eigenvalue weighted by molar-refractivity contribution is 9.10. The second kappa shape index (κ2) is 5.94. The SMILES string of the molecule is Fc1ccc(Oc2ccc(CNC3CC3)c(Br)c2)cc1. The van der Waals surface area contributed by atoms with E-state index in [1.807, 2.05) is 18.2 Å². The van der Waals surface area contributed by atoms with Crippen molar-refractivity contribution in [1.82, 2.24) is 5.32 Å². The van der Waals surface area contributed by atoms with Crippen molar-refractivity contribution in [2.75, 3.05) is 0 Å². The average molecular weight is 336 g/mol. The first-order valence-electron chi connectivity index (χ1n) is 6.66. The summed E-state index contributed by atoms with van der Waals surface area (Å²) in [5.41, 5.74) is 1.21. The summed E-state index contributed by atoms with van der Waals surface area (Å²) >= 11 is 3.56. The molecule has 0 atom stereocenters. The summed E-state index contributed by atoms with van der Waals surface area (Å²) in [6.45, 7) is 0.863. The van der Waals surface area contributed by atoms with Crippen LogP contribution in [-0.2, 0) is 6.54 Å². The molecule has 0 bridgehead atoms. The molecule has 1 aliphatic carbocycles. The van der Waals surface area contributed by atoms with Crippen LogP contribution in [-0.4, -0.2) is 6.04 Å². The van der Waals surface area contributed by atoms with E-state index in [-0.39, 0.29) is 5.82 Å². The highest BCUT2D eigenvalue weighted by Gasteiger charge is 2.20. The third kappa shape index (κ3) is 3.58. The molecule has 0 spiro atoms. The topological polar surface area (TPSA) is 21.3 Å². The molecule has 0 radical (unpaired) electrons. The van der Waals surface area contributed by atoms with E-state index in [0.717, 1.165) is 16.8 Å².